The molecule has 42 heavy (non-hydrogen) atoms. The predicted octanol–water partition coefficient (Wildman–Crippen LogP) is 4.49. The van der Waals surface area contributed by atoms with Crippen molar-refractivity contribution in [3.63, 3.8) is 0 Å². The summed E-state index contributed by atoms with van der Waals surface area (Å²) >= 11 is 0. The van der Waals surface area contributed by atoms with Crippen LogP contribution in [0.2, 0.25) is 0 Å². The van der Waals surface area contributed by atoms with Gasteiger partial charge in [0.25, 0.3) is 5.69 Å². The molecule has 0 atom stereocenters. The van der Waals surface area contributed by atoms with Crippen LogP contribution < -0.4 is 15.0 Å². The van der Waals surface area contributed by atoms with Gasteiger partial charge in [0.1, 0.15) is 5.75 Å². The minimum absolute atomic E-state index is 0.0433. The van der Waals surface area contributed by atoms with Crippen LogP contribution in [0.25, 0.3) is 11.2 Å². The molecule has 0 aliphatic carbocycles. The van der Waals surface area contributed by atoms with Crippen LogP contribution >= 0.6 is 0 Å². The number of carbonyl (C=O) groups is 1. The summed E-state index contributed by atoms with van der Waals surface area (Å²) in [5, 5.41) is 14.5. The van der Waals surface area contributed by atoms with Crippen LogP contribution in [0.1, 0.15) is 38.3 Å². The number of hydrogen-bond acceptors (Lipinski definition) is 9. The van der Waals surface area contributed by atoms with Crippen molar-refractivity contribution in [3.05, 3.63) is 76.1 Å². The van der Waals surface area contributed by atoms with Gasteiger partial charge in [-0.05, 0) is 17.0 Å². The first-order valence-corrected chi connectivity index (χ1v) is 14.0. The van der Waals surface area contributed by atoms with Crippen molar-refractivity contribution in [2.24, 2.45) is 5.41 Å². The molecule has 3 heterocycles. The Kier molecular flexibility index (Phi) is 8.23. The molecule has 2 aromatic carbocycles. The first-order chi connectivity index (χ1) is 20.1. The maximum absolute atomic E-state index is 12.8. The third kappa shape index (κ3) is 6.59. The van der Waals surface area contributed by atoms with Gasteiger partial charge in [-0.2, -0.15) is 9.97 Å². The Labute approximate surface area is 244 Å². The molecule has 1 saturated heterocycles. The molecule has 12 heteroatoms. The summed E-state index contributed by atoms with van der Waals surface area (Å²) in [6, 6.07) is 14.3. The number of piperazine rings is 1. The van der Waals surface area contributed by atoms with Crippen LogP contribution in [0.15, 0.2) is 54.9 Å². The summed E-state index contributed by atoms with van der Waals surface area (Å²) in [7, 11) is 1.64. The number of benzene rings is 2. The lowest BCUT2D eigenvalue weighted by Gasteiger charge is -2.36. The summed E-state index contributed by atoms with van der Waals surface area (Å²) < 4.78 is 7.43. The average Bonchev–Trinajstić information content (AvgIpc) is 3.38. The highest BCUT2D eigenvalue weighted by molar-refractivity contribution is 5.84. The number of carbonyl (C=O) groups excluding carboxylic acids is 1. The van der Waals surface area contributed by atoms with Gasteiger partial charge in [0, 0.05) is 56.8 Å². The molecule has 0 spiro atoms. The number of methoxy groups -OCH3 is 1. The zero-order chi connectivity index (χ0) is 29.9. The molecule has 0 bridgehead atoms. The van der Waals surface area contributed by atoms with E-state index >= 15 is 0 Å². The lowest BCUT2D eigenvalue weighted by Crippen LogP contribution is -2.49. The first kappa shape index (κ1) is 28.8. The number of fused-ring (bicyclic) bond motifs is 1. The molecular weight excluding hydrogens is 536 g/mol. The molecule has 5 rings (SSSR count). The Balaban J connectivity index is 1.43. The summed E-state index contributed by atoms with van der Waals surface area (Å²) in [6.45, 7) is 9.56. The van der Waals surface area contributed by atoms with E-state index in [9.17, 15) is 14.9 Å². The van der Waals surface area contributed by atoms with E-state index in [-0.39, 0.29) is 17.0 Å². The van der Waals surface area contributed by atoms with Crippen molar-refractivity contribution in [2.75, 3.05) is 43.5 Å². The van der Waals surface area contributed by atoms with Crippen molar-refractivity contribution >= 4 is 34.5 Å². The number of aromatic nitrogens is 4. The third-order valence-corrected chi connectivity index (χ3v) is 7.19. The van der Waals surface area contributed by atoms with E-state index in [0.29, 0.717) is 68.6 Å². The maximum atomic E-state index is 12.8. The number of rotatable bonds is 9. The summed E-state index contributed by atoms with van der Waals surface area (Å²) in [4.78, 5) is 41.9. The third-order valence-electron chi connectivity index (χ3n) is 7.19. The number of imidazole rings is 1. The summed E-state index contributed by atoms with van der Waals surface area (Å²) in [6.07, 6.45) is 2.22. The Morgan fingerprint density at radius 2 is 1.76 bits per heavy atom. The van der Waals surface area contributed by atoms with Gasteiger partial charge in [0.15, 0.2) is 17.0 Å². The van der Waals surface area contributed by atoms with Crippen LogP contribution in [0, 0.1) is 15.5 Å². The van der Waals surface area contributed by atoms with E-state index in [1.54, 1.807) is 25.6 Å². The van der Waals surface area contributed by atoms with Gasteiger partial charge in [0.05, 0.1) is 24.9 Å². The van der Waals surface area contributed by atoms with Gasteiger partial charge in [-0.1, -0.05) is 51.1 Å². The van der Waals surface area contributed by atoms with Crippen molar-refractivity contribution in [2.45, 2.75) is 40.3 Å². The Morgan fingerprint density at radius 1 is 1.05 bits per heavy atom. The number of ether oxygens (including phenoxy) is 1. The SMILES string of the molecule is COc1ccccc1CNc1nc(N2CCN(C(=O)CC(C)(C)C)CC2)nc2c1ncn2Cc1ccc([N+](=O)[O-])cc1. The Morgan fingerprint density at radius 3 is 2.43 bits per heavy atom. The topological polar surface area (TPSA) is 132 Å². The van der Waals surface area contributed by atoms with E-state index in [0.717, 1.165) is 16.9 Å². The second-order valence-corrected chi connectivity index (χ2v) is 11.6. The van der Waals surface area contributed by atoms with Crippen molar-refractivity contribution in [1.82, 2.24) is 24.4 Å². The molecule has 1 aliphatic rings. The summed E-state index contributed by atoms with van der Waals surface area (Å²) in [5.41, 5.74) is 3.11. The lowest BCUT2D eigenvalue weighted by atomic mass is 9.91. The van der Waals surface area contributed by atoms with Gasteiger partial charge < -0.3 is 24.4 Å². The fourth-order valence-corrected chi connectivity index (χ4v) is 4.98. The summed E-state index contributed by atoms with van der Waals surface area (Å²) in [5.74, 6) is 2.09. The number of amides is 1. The van der Waals surface area contributed by atoms with Crippen molar-refractivity contribution in [1.29, 1.82) is 0 Å². The van der Waals surface area contributed by atoms with Crippen LogP contribution in [0.5, 0.6) is 5.75 Å². The largest absolute Gasteiger partial charge is 0.496 e. The Bertz CT molecular complexity index is 1570. The highest BCUT2D eigenvalue weighted by Gasteiger charge is 2.27. The fourth-order valence-electron chi connectivity index (χ4n) is 4.98. The van der Waals surface area contributed by atoms with Crippen LogP contribution in [0.3, 0.4) is 0 Å². The molecular formula is C30H36N8O4. The number of nitro groups is 1. The molecule has 1 fully saturated rings. The zero-order valence-electron chi connectivity index (χ0n) is 24.4. The van der Waals surface area contributed by atoms with Gasteiger partial charge in [-0.15, -0.1) is 0 Å². The molecule has 12 nitrogen and oxygen atoms in total. The number of hydrogen-bond donors (Lipinski definition) is 1. The standard InChI is InChI=1S/C30H36N8O4/c1-30(2,3)17-25(39)35-13-15-36(16-14-35)29-33-27(31-18-22-7-5-6-8-24(22)42-4)26-28(34-29)37(20-32-26)19-21-9-11-23(12-10-21)38(40)41/h5-12,20H,13-19H2,1-4H3,(H,31,33,34). The van der Waals surface area contributed by atoms with E-state index in [2.05, 4.69) is 36.0 Å². The lowest BCUT2D eigenvalue weighted by molar-refractivity contribution is -0.384. The number of para-hydroxylation sites is 1. The molecule has 4 aromatic rings. The number of non-ortho nitro benzene ring substituents is 1. The molecule has 1 N–H and O–H groups in total. The van der Waals surface area contributed by atoms with Crippen LogP contribution in [0.4, 0.5) is 17.5 Å². The van der Waals surface area contributed by atoms with E-state index in [1.807, 2.05) is 33.7 Å². The minimum Gasteiger partial charge on any atom is -0.496 e. The molecule has 220 valence electrons. The zero-order valence-corrected chi connectivity index (χ0v) is 24.4. The normalized spacial score (nSPS) is 13.8. The van der Waals surface area contributed by atoms with Gasteiger partial charge in [-0.25, -0.2) is 4.98 Å². The number of anilines is 2. The predicted molar refractivity (Wildman–Crippen MR) is 161 cm³/mol. The second-order valence-electron chi connectivity index (χ2n) is 11.6. The molecule has 0 unspecified atom stereocenters. The Hall–Kier alpha value is -4.74. The number of nitrogens with one attached hydrogen (secondary N) is 1. The van der Waals surface area contributed by atoms with Crippen molar-refractivity contribution < 1.29 is 14.5 Å². The molecule has 0 radical (unpaired) electrons. The number of nitrogens with zero attached hydrogens (tertiary/aromatic N) is 7. The quantitative estimate of drug-likeness (QED) is 0.228. The van der Waals surface area contributed by atoms with E-state index in [4.69, 9.17) is 14.7 Å². The van der Waals surface area contributed by atoms with Gasteiger partial charge in [-0.3, -0.25) is 14.9 Å². The van der Waals surface area contributed by atoms with Crippen molar-refractivity contribution in [3.8, 4) is 5.75 Å². The first-order valence-electron chi connectivity index (χ1n) is 14.0. The van der Waals surface area contributed by atoms with E-state index < -0.39 is 4.92 Å². The fraction of sp³-hybridized carbons (Fsp3) is 0.400. The monoisotopic (exact) mass is 572 g/mol. The highest BCUT2D eigenvalue weighted by atomic mass is 16.6. The van der Waals surface area contributed by atoms with Crippen LogP contribution in [-0.2, 0) is 17.9 Å². The molecule has 1 aliphatic heterocycles. The van der Waals surface area contributed by atoms with Crippen LogP contribution in [-0.4, -0.2) is 68.5 Å². The minimum atomic E-state index is -0.411. The average molecular weight is 573 g/mol. The number of nitro benzene ring substituents is 1. The van der Waals surface area contributed by atoms with E-state index in [1.165, 1.54) is 12.1 Å². The second kappa shape index (κ2) is 12.0. The molecule has 1 amide bonds. The molecule has 2 aromatic heterocycles. The highest BCUT2D eigenvalue weighted by Crippen LogP contribution is 2.27. The molecule has 0 saturated carbocycles. The van der Waals surface area contributed by atoms with Gasteiger partial charge >= 0.3 is 0 Å². The van der Waals surface area contributed by atoms with Gasteiger partial charge in [0.2, 0.25) is 11.9 Å². The maximum Gasteiger partial charge on any atom is 0.269 e. The smallest absolute Gasteiger partial charge is 0.269 e.